The van der Waals surface area contributed by atoms with Gasteiger partial charge in [0.25, 0.3) is 10.0 Å². The Morgan fingerprint density at radius 1 is 1.08 bits per heavy atom. The van der Waals surface area contributed by atoms with Crippen molar-refractivity contribution in [1.82, 2.24) is 4.98 Å². The van der Waals surface area contributed by atoms with Crippen LogP contribution in [-0.4, -0.2) is 20.0 Å². The Bertz CT molecular complexity index is 1090. The summed E-state index contributed by atoms with van der Waals surface area (Å²) in [5.74, 6) is -4.41. The maximum atomic E-state index is 13.8. The Hall–Kier alpha value is -2.81. The molecular formula is C17H13F3N2O3S. The second-order valence-corrected chi connectivity index (χ2v) is 6.87. The van der Waals surface area contributed by atoms with Crippen LogP contribution < -0.4 is 9.46 Å². The van der Waals surface area contributed by atoms with Crippen LogP contribution in [0.25, 0.3) is 10.9 Å². The number of nitrogens with zero attached hydrogens (tertiary/aromatic N) is 1. The average Bonchev–Trinajstić information content (AvgIpc) is 2.62. The Kier molecular flexibility index (Phi) is 4.73. The van der Waals surface area contributed by atoms with E-state index in [0.29, 0.717) is 23.9 Å². The van der Waals surface area contributed by atoms with Crippen LogP contribution in [0.2, 0.25) is 0 Å². The van der Waals surface area contributed by atoms with E-state index in [1.807, 2.05) is 4.72 Å². The van der Waals surface area contributed by atoms with Gasteiger partial charge in [-0.15, -0.1) is 0 Å². The molecule has 0 aliphatic heterocycles. The van der Waals surface area contributed by atoms with E-state index >= 15 is 0 Å². The lowest BCUT2D eigenvalue weighted by molar-refractivity contribution is 0.343. The van der Waals surface area contributed by atoms with Crippen LogP contribution >= 0.6 is 0 Å². The molecule has 3 rings (SSSR count). The van der Waals surface area contributed by atoms with E-state index in [4.69, 9.17) is 4.74 Å². The summed E-state index contributed by atoms with van der Waals surface area (Å²) < 4.78 is 72.9. The number of aromatic nitrogens is 1. The van der Waals surface area contributed by atoms with Gasteiger partial charge < -0.3 is 4.74 Å². The van der Waals surface area contributed by atoms with Crippen LogP contribution in [0.5, 0.6) is 5.75 Å². The van der Waals surface area contributed by atoms with Gasteiger partial charge in [-0.05, 0) is 43.3 Å². The number of anilines is 1. The highest BCUT2D eigenvalue weighted by atomic mass is 32.2. The number of hydrogen-bond donors (Lipinski definition) is 1. The number of benzene rings is 2. The molecule has 0 aliphatic rings. The molecule has 1 heterocycles. The van der Waals surface area contributed by atoms with Gasteiger partial charge in [-0.25, -0.2) is 21.6 Å². The van der Waals surface area contributed by atoms with Gasteiger partial charge in [-0.2, -0.15) is 0 Å². The van der Waals surface area contributed by atoms with Crippen molar-refractivity contribution in [1.29, 1.82) is 0 Å². The zero-order chi connectivity index (χ0) is 18.9. The Morgan fingerprint density at radius 3 is 2.58 bits per heavy atom. The third kappa shape index (κ3) is 3.17. The fraction of sp³-hybridized carbons (Fsp3) is 0.118. The molecule has 1 N–H and O–H groups in total. The maximum absolute atomic E-state index is 13.8. The second-order valence-electron chi connectivity index (χ2n) is 5.22. The fourth-order valence-corrected chi connectivity index (χ4v) is 3.69. The van der Waals surface area contributed by atoms with Crippen LogP contribution in [0.15, 0.2) is 47.5 Å². The second kappa shape index (κ2) is 6.83. The molecule has 0 aliphatic carbocycles. The number of hydrogen-bond acceptors (Lipinski definition) is 4. The molecule has 0 amide bonds. The normalized spacial score (nSPS) is 11.5. The average molecular weight is 382 g/mol. The highest BCUT2D eigenvalue weighted by Gasteiger charge is 2.23. The molecule has 3 aromatic rings. The molecule has 0 spiro atoms. The van der Waals surface area contributed by atoms with Gasteiger partial charge >= 0.3 is 0 Å². The number of sulfonamides is 1. The third-order valence-electron chi connectivity index (χ3n) is 3.56. The fourth-order valence-electron chi connectivity index (χ4n) is 2.43. The Labute approximate surface area is 147 Å². The van der Waals surface area contributed by atoms with Crippen LogP contribution in [-0.2, 0) is 10.0 Å². The number of ether oxygens (including phenoxy) is 1. The minimum Gasteiger partial charge on any atom is -0.492 e. The number of pyridine rings is 1. The summed E-state index contributed by atoms with van der Waals surface area (Å²) in [4.78, 5) is 3.92. The Balaban J connectivity index is 2.11. The van der Waals surface area contributed by atoms with Crippen molar-refractivity contribution >= 4 is 26.6 Å². The maximum Gasteiger partial charge on any atom is 0.262 e. The zero-order valence-corrected chi connectivity index (χ0v) is 14.3. The van der Waals surface area contributed by atoms with Gasteiger partial charge in [0.2, 0.25) is 0 Å². The molecule has 0 saturated heterocycles. The SMILES string of the molecule is CCOc1ccc(S(=O)(=O)Nc2ccc(F)c(F)c2F)c2cccnc12. The smallest absolute Gasteiger partial charge is 0.262 e. The van der Waals surface area contributed by atoms with Crippen LogP contribution in [0.4, 0.5) is 18.9 Å². The highest BCUT2D eigenvalue weighted by molar-refractivity contribution is 7.93. The van der Waals surface area contributed by atoms with E-state index in [0.717, 1.165) is 6.07 Å². The van der Waals surface area contributed by atoms with Gasteiger partial charge in [0.05, 0.1) is 17.2 Å². The lowest BCUT2D eigenvalue weighted by Crippen LogP contribution is -2.15. The Morgan fingerprint density at radius 2 is 1.85 bits per heavy atom. The van der Waals surface area contributed by atoms with Gasteiger partial charge in [0.15, 0.2) is 17.5 Å². The molecule has 0 radical (unpaired) electrons. The zero-order valence-electron chi connectivity index (χ0n) is 13.5. The molecule has 136 valence electrons. The number of halogens is 3. The minimum atomic E-state index is -4.30. The molecule has 0 unspecified atom stereocenters. The summed E-state index contributed by atoms with van der Waals surface area (Å²) >= 11 is 0. The van der Waals surface area contributed by atoms with E-state index in [1.165, 1.54) is 30.5 Å². The lowest BCUT2D eigenvalue weighted by Gasteiger charge is -2.13. The monoisotopic (exact) mass is 382 g/mol. The van der Waals surface area contributed by atoms with Crippen molar-refractivity contribution in [2.45, 2.75) is 11.8 Å². The largest absolute Gasteiger partial charge is 0.492 e. The molecule has 0 bridgehead atoms. The molecule has 2 aromatic carbocycles. The molecule has 1 aromatic heterocycles. The van der Waals surface area contributed by atoms with Gasteiger partial charge in [0, 0.05) is 11.6 Å². The van der Waals surface area contributed by atoms with Gasteiger partial charge in [-0.1, -0.05) is 0 Å². The summed E-state index contributed by atoms with van der Waals surface area (Å²) in [6.45, 7) is 2.13. The minimum absolute atomic E-state index is 0.201. The quantitative estimate of drug-likeness (QED) is 0.681. The van der Waals surface area contributed by atoms with Crippen molar-refractivity contribution in [2.24, 2.45) is 0 Å². The topological polar surface area (TPSA) is 68.3 Å². The highest BCUT2D eigenvalue weighted by Crippen LogP contribution is 2.31. The van der Waals surface area contributed by atoms with Crippen molar-refractivity contribution < 1.29 is 26.3 Å². The summed E-state index contributed by atoms with van der Waals surface area (Å²) in [6, 6.07) is 7.19. The summed E-state index contributed by atoms with van der Waals surface area (Å²) in [5.41, 5.74) is -0.391. The summed E-state index contributed by atoms with van der Waals surface area (Å²) in [6.07, 6.45) is 1.48. The third-order valence-corrected chi connectivity index (χ3v) is 4.99. The van der Waals surface area contributed by atoms with Crippen LogP contribution in [0.1, 0.15) is 6.92 Å². The summed E-state index contributed by atoms with van der Waals surface area (Å²) in [7, 11) is -4.30. The van der Waals surface area contributed by atoms with E-state index in [9.17, 15) is 21.6 Å². The van der Waals surface area contributed by atoms with Crippen molar-refractivity contribution in [3.8, 4) is 5.75 Å². The standard InChI is InChI=1S/C17H13F3N2O3S/c1-2-25-13-7-8-14(10-4-3-9-21-17(10)13)26(23,24)22-12-6-5-11(18)15(19)16(12)20/h3-9,22H,2H2,1H3. The first-order valence-corrected chi connectivity index (χ1v) is 9.00. The first kappa shape index (κ1) is 18.0. The summed E-state index contributed by atoms with van der Waals surface area (Å²) in [5, 5.41) is 0.244. The number of rotatable bonds is 5. The van der Waals surface area contributed by atoms with E-state index in [-0.39, 0.29) is 10.3 Å². The first-order valence-electron chi connectivity index (χ1n) is 7.52. The molecule has 0 atom stereocenters. The molecule has 9 heteroatoms. The van der Waals surface area contributed by atoms with Crippen molar-refractivity contribution in [3.63, 3.8) is 0 Å². The molecular weight excluding hydrogens is 369 g/mol. The van der Waals surface area contributed by atoms with Crippen LogP contribution in [0.3, 0.4) is 0 Å². The van der Waals surface area contributed by atoms with Crippen molar-refractivity contribution in [3.05, 3.63) is 60.0 Å². The van der Waals surface area contributed by atoms with Gasteiger partial charge in [-0.3, -0.25) is 9.71 Å². The van der Waals surface area contributed by atoms with Gasteiger partial charge in [0.1, 0.15) is 11.3 Å². The van der Waals surface area contributed by atoms with E-state index in [2.05, 4.69) is 4.98 Å². The predicted octanol–water partition coefficient (Wildman–Crippen LogP) is 3.85. The van der Waals surface area contributed by atoms with E-state index in [1.54, 1.807) is 6.92 Å². The predicted molar refractivity (Wildman–Crippen MR) is 90.0 cm³/mol. The van der Waals surface area contributed by atoms with Crippen molar-refractivity contribution in [2.75, 3.05) is 11.3 Å². The number of fused-ring (bicyclic) bond motifs is 1. The van der Waals surface area contributed by atoms with E-state index < -0.39 is 33.2 Å². The first-order chi connectivity index (χ1) is 12.3. The lowest BCUT2D eigenvalue weighted by atomic mass is 10.2. The molecule has 5 nitrogen and oxygen atoms in total. The van der Waals surface area contributed by atoms with Crippen LogP contribution in [0, 0.1) is 17.5 Å². The molecule has 26 heavy (non-hydrogen) atoms. The number of nitrogens with one attached hydrogen (secondary N) is 1. The molecule has 0 saturated carbocycles. The molecule has 0 fully saturated rings.